The molecule has 2 aliphatic rings. The van der Waals surface area contributed by atoms with Gasteiger partial charge in [0.15, 0.2) is 0 Å². The summed E-state index contributed by atoms with van der Waals surface area (Å²) in [4.78, 5) is 18.7. The Morgan fingerprint density at radius 3 is 2.67 bits per heavy atom. The number of nitrogens with one attached hydrogen (secondary N) is 1. The molecular weight excluding hydrogens is 540 g/mol. The molecule has 3 aromatic carbocycles. The van der Waals surface area contributed by atoms with Crippen LogP contribution in [0.5, 0.6) is 11.5 Å². The minimum Gasteiger partial charge on any atom is -0.490 e. The average molecular weight is 579 g/mol. The number of aryl methyl sites for hydroxylation is 2. The first-order chi connectivity index (χ1) is 21.0. The summed E-state index contributed by atoms with van der Waals surface area (Å²) in [5.41, 5.74) is 5.91. The van der Waals surface area contributed by atoms with Crippen LogP contribution < -0.4 is 14.8 Å². The summed E-state index contributed by atoms with van der Waals surface area (Å²) < 4.78 is 13.8. The van der Waals surface area contributed by atoms with Crippen LogP contribution in [0.1, 0.15) is 36.7 Å². The van der Waals surface area contributed by atoms with Gasteiger partial charge in [0.1, 0.15) is 29.4 Å². The second-order valence-electron chi connectivity index (χ2n) is 11.2. The van der Waals surface area contributed by atoms with Crippen molar-refractivity contribution in [1.82, 2.24) is 19.8 Å². The first-order valence-corrected chi connectivity index (χ1v) is 15.0. The monoisotopic (exact) mass is 578 g/mol. The summed E-state index contributed by atoms with van der Waals surface area (Å²) in [7, 11) is 0. The summed E-state index contributed by atoms with van der Waals surface area (Å²) in [6.45, 7) is 7.22. The van der Waals surface area contributed by atoms with E-state index in [2.05, 4.69) is 77.2 Å². The molecule has 6 rings (SSSR count). The van der Waals surface area contributed by atoms with Gasteiger partial charge in [0.05, 0.1) is 5.52 Å². The predicted molar refractivity (Wildman–Crippen MR) is 169 cm³/mol. The number of unbranched alkanes of at least 4 members (excludes halogenated alkanes) is 1. The first-order valence-electron chi connectivity index (χ1n) is 15.0. The lowest BCUT2D eigenvalue weighted by atomic mass is 10.0. The highest BCUT2D eigenvalue weighted by molar-refractivity contribution is 5.86. The van der Waals surface area contributed by atoms with E-state index in [1.165, 1.54) is 0 Å². The maximum Gasteiger partial charge on any atom is 0.511 e. The highest BCUT2D eigenvalue weighted by Crippen LogP contribution is 2.33. The van der Waals surface area contributed by atoms with E-state index in [-0.39, 0.29) is 0 Å². The summed E-state index contributed by atoms with van der Waals surface area (Å²) in [5, 5.41) is 12.7. The van der Waals surface area contributed by atoms with E-state index >= 15 is 0 Å². The first kappa shape index (κ1) is 28.7. The van der Waals surface area contributed by atoms with Crippen molar-refractivity contribution >= 4 is 17.2 Å². The standard InChI is InChI=1S/C35H38N4O4/c1-3-4-13-32-37-33-24(2)14-19-31(42-21-20-38-23-36-28-10-6-7-11-29(28)38)34(33)39(32)22-25-15-17-26(18-16-25)27-9-5-8-12-30(27)43-35(40)41/h5-12,14-19,28-29,36H,3-4,13,20-23H2,1-2H3,(H,40,41). The third-order valence-electron chi connectivity index (χ3n) is 8.28. The lowest BCUT2D eigenvalue weighted by molar-refractivity contribution is 0.144. The minimum absolute atomic E-state index is 0.318. The second-order valence-corrected chi connectivity index (χ2v) is 11.2. The van der Waals surface area contributed by atoms with Crippen molar-refractivity contribution in [3.63, 3.8) is 0 Å². The van der Waals surface area contributed by atoms with Crippen molar-refractivity contribution in [3.8, 4) is 22.6 Å². The van der Waals surface area contributed by atoms with Gasteiger partial charge in [0.25, 0.3) is 0 Å². The highest BCUT2D eigenvalue weighted by atomic mass is 16.7. The van der Waals surface area contributed by atoms with Crippen LogP contribution in [0.25, 0.3) is 22.2 Å². The Labute approximate surface area is 252 Å². The van der Waals surface area contributed by atoms with Crippen LogP contribution in [-0.2, 0) is 13.0 Å². The SMILES string of the molecule is CCCCc1nc2c(C)ccc(OCCN3CNC4C=CC=CC43)c2n1Cc1ccc(-c2ccccc2OC(=O)O)cc1. The number of ether oxygens (including phenoxy) is 2. The number of hydrogen-bond donors (Lipinski definition) is 2. The van der Waals surface area contributed by atoms with Gasteiger partial charge in [-0.05, 0) is 42.2 Å². The van der Waals surface area contributed by atoms with E-state index in [1.807, 2.05) is 24.3 Å². The Balaban J connectivity index is 1.26. The Kier molecular flexibility index (Phi) is 8.58. The number of carbonyl (C=O) groups is 1. The lowest BCUT2D eigenvalue weighted by Gasteiger charge is -2.24. The third-order valence-corrected chi connectivity index (χ3v) is 8.28. The summed E-state index contributed by atoms with van der Waals surface area (Å²) in [6.07, 6.45) is 10.4. The van der Waals surface area contributed by atoms with E-state index in [9.17, 15) is 4.79 Å². The quantitative estimate of drug-likeness (QED) is 0.154. The van der Waals surface area contributed by atoms with E-state index in [1.54, 1.807) is 12.1 Å². The molecule has 43 heavy (non-hydrogen) atoms. The summed E-state index contributed by atoms with van der Waals surface area (Å²) in [6, 6.07) is 20.3. The number of fused-ring (bicyclic) bond motifs is 2. The number of aromatic nitrogens is 2. The Morgan fingerprint density at radius 1 is 1.05 bits per heavy atom. The number of allylic oxidation sites excluding steroid dienone is 2. The van der Waals surface area contributed by atoms with Crippen LogP contribution in [0.15, 0.2) is 85.0 Å². The van der Waals surface area contributed by atoms with E-state index < -0.39 is 6.16 Å². The molecular formula is C35H38N4O4. The molecule has 8 nitrogen and oxygen atoms in total. The van der Waals surface area contributed by atoms with Gasteiger partial charge in [-0.3, -0.25) is 10.2 Å². The zero-order valence-corrected chi connectivity index (χ0v) is 24.7. The normalized spacial score (nSPS) is 17.8. The number of imidazole rings is 1. The smallest absolute Gasteiger partial charge is 0.490 e. The molecule has 2 atom stereocenters. The van der Waals surface area contributed by atoms with Crippen LogP contribution in [0.2, 0.25) is 0 Å². The zero-order chi connectivity index (χ0) is 29.8. The molecule has 2 unspecified atom stereocenters. The number of benzene rings is 3. The largest absolute Gasteiger partial charge is 0.511 e. The van der Waals surface area contributed by atoms with Crippen molar-refractivity contribution < 1.29 is 19.4 Å². The molecule has 1 aromatic heterocycles. The average Bonchev–Trinajstić information content (AvgIpc) is 3.60. The van der Waals surface area contributed by atoms with Gasteiger partial charge in [0, 0.05) is 43.8 Å². The van der Waals surface area contributed by atoms with Gasteiger partial charge in [-0.1, -0.05) is 86.2 Å². The zero-order valence-electron chi connectivity index (χ0n) is 24.7. The maximum atomic E-state index is 11.2. The Hall–Kier alpha value is -4.40. The van der Waals surface area contributed by atoms with E-state index in [0.29, 0.717) is 31.0 Å². The van der Waals surface area contributed by atoms with Crippen molar-refractivity contribution in [2.75, 3.05) is 19.8 Å². The van der Waals surface area contributed by atoms with Gasteiger partial charge in [0.2, 0.25) is 0 Å². The fourth-order valence-electron chi connectivity index (χ4n) is 6.02. The molecule has 1 saturated heterocycles. The van der Waals surface area contributed by atoms with Crippen molar-refractivity contribution in [1.29, 1.82) is 0 Å². The molecule has 2 N–H and O–H groups in total. The number of rotatable bonds is 11. The third kappa shape index (κ3) is 6.21. The number of carboxylic acid groups (broad SMARTS) is 1. The van der Waals surface area contributed by atoms with Crippen molar-refractivity contribution in [2.24, 2.45) is 0 Å². The van der Waals surface area contributed by atoms with E-state index in [4.69, 9.17) is 19.6 Å². The molecule has 1 fully saturated rings. The fraction of sp³-hybridized carbons (Fsp3) is 0.314. The second kappa shape index (κ2) is 12.9. The maximum absolute atomic E-state index is 11.2. The fourth-order valence-corrected chi connectivity index (χ4v) is 6.02. The predicted octanol–water partition coefficient (Wildman–Crippen LogP) is 6.56. The molecule has 0 saturated carbocycles. The molecule has 0 amide bonds. The van der Waals surface area contributed by atoms with Crippen molar-refractivity contribution in [2.45, 2.75) is 51.7 Å². The highest BCUT2D eigenvalue weighted by Gasteiger charge is 2.31. The Bertz CT molecular complexity index is 1660. The number of para-hydroxylation sites is 1. The van der Waals surface area contributed by atoms with E-state index in [0.717, 1.165) is 77.3 Å². The lowest BCUT2D eigenvalue weighted by Crippen LogP contribution is -2.36. The molecule has 1 aliphatic carbocycles. The molecule has 8 heteroatoms. The van der Waals surface area contributed by atoms with Crippen LogP contribution >= 0.6 is 0 Å². The van der Waals surface area contributed by atoms with Crippen LogP contribution in [-0.4, -0.2) is 57.6 Å². The van der Waals surface area contributed by atoms with Gasteiger partial charge < -0.3 is 19.1 Å². The minimum atomic E-state index is -1.33. The number of nitrogens with zero attached hydrogens (tertiary/aromatic N) is 3. The molecule has 2 heterocycles. The molecule has 0 bridgehead atoms. The van der Waals surface area contributed by atoms with Crippen LogP contribution in [0, 0.1) is 6.92 Å². The van der Waals surface area contributed by atoms with Crippen molar-refractivity contribution in [3.05, 3.63) is 102 Å². The van der Waals surface area contributed by atoms with Gasteiger partial charge in [-0.2, -0.15) is 0 Å². The van der Waals surface area contributed by atoms with Gasteiger partial charge >= 0.3 is 6.16 Å². The molecule has 1 aliphatic heterocycles. The van der Waals surface area contributed by atoms with Crippen LogP contribution in [0.3, 0.4) is 0 Å². The molecule has 4 aromatic rings. The number of hydrogen-bond acceptors (Lipinski definition) is 6. The summed E-state index contributed by atoms with van der Waals surface area (Å²) in [5.74, 6) is 2.24. The van der Waals surface area contributed by atoms with Gasteiger partial charge in [-0.15, -0.1) is 0 Å². The van der Waals surface area contributed by atoms with Crippen LogP contribution in [0.4, 0.5) is 4.79 Å². The van der Waals surface area contributed by atoms with Gasteiger partial charge in [-0.25, -0.2) is 9.78 Å². The molecule has 0 radical (unpaired) electrons. The topological polar surface area (TPSA) is 88.9 Å². The Morgan fingerprint density at radius 2 is 1.86 bits per heavy atom. The molecule has 0 spiro atoms. The summed E-state index contributed by atoms with van der Waals surface area (Å²) >= 11 is 0. The molecule has 222 valence electrons.